The van der Waals surface area contributed by atoms with Crippen LogP contribution < -0.4 is 4.90 Å². The van der Waals surface area contributed by atoms with Crippen molar-refractivity contribution in [3.8, 4) is 0 Å². The lowest BCUT2D eigenvalue weighted by Gasteiger charge is -2.33. The van der Waals surface area contributed by atoms with Crippen LogP contribution in [0, 0.1) is 19.8 Å². The first kappa shape index (κ1) is 16.2. The van der Waals surface area contributed by atoms with Crippen LogP contribution in [0.5, 0.6) is 0 Å². The molecule has 1 aliphatic heterocycles. The largest absolute Gasteiger partial charge is 0.348 e. The highest BCUT2D eigenvalue weighted by molar-refractivity contribution is 7.90. The minimum atomic E-state index is -3.02. The van der Waals surface area contributed by atoms with Crippen LogP contribution in [-0.4, -0.2) is 49.6 Å². The van der Waals surface area contributed by atoms with Crippen molar-refractivity contribution in [3.63, 3.8) is 0 Å². The van der Waals surface area contributed by atoms with Crippen molar-refractivity contribution in [2.24, 2.45) is 5.92 Å². The number of aryl methyl sites for hydroxylation is 2. The minimum absolute atomic E-state index is 0.0983. The molecule has 2 heterocycles. The molecule has 7 heteroatoms. The molecule has 1 saturated heterocycles. The van der Waals surface area contributed by atoms with Gasteiger partial charge in [0.2, 0.25) is 10.0 Å². The number of piperidine rings is 1. The number of rotatable bonds is 5. The number of thiazole rings is 1. The van der Waals surface area contributed by atoms with E-state index in [4.69, 9.17) is 0 Å². The summed E-state index contributed by atoms with van der Waals surface area (Å²) in [5.74, 6) is 0.469. The molecule has 2 fully saturated rings. The summed E-state index contributed by atoms with van der Waals surface area (Å²) in [5, 5.41) is 1.02. The van der Waals surface area contributed by atoms with Crippen molar-refractivity contribution in [2.75, 3.05) is 31.6 Å². The fraction of sp³-hybridized carbons (Fsp3) is 0.800. The number of anilines is 1. The smallest absolute Gasteiger partial charge is 0.216 e. The van der Waals surface area contributed by atoms with Crippen molar-refractivity contribution < 1.29 is 8.42 Å². The zero-order valence-electron chi connectivity index (χ0n) is 13.6. The number of hydrogen-bond acceptors (Lipinski definition) is 5. The Hall–Kier alpha value is -0.660. The normalized spacial score (nSPS) is 20.8. The lowest BCUT2D eigenvalue weighted by Crippen LogP contribution is -2.40. The van der Waals surface area contributed by atoms with Gasteiger partial charge in [-0.15, -0.1) is 11.3 Å². The van der Waals surface area contributed by atoms with Crippen LogP contribution >= 0.6 is 11.3 Å². The molecule has 1 aliphatic carbocycles. The second-order valence-corrected chi connectivity index (χ2v) is 10.1. The van der Waals surface area contributed by atoms with Crippen molar-refractivity contribution in [1.29, 1.82) is 0 Å². The highest BCUT2D eigenvalue weighted by atomic mass is 32.2. The molecule has 2 aliphatic rings. The van der Waals surface area contributed by atoms with Crippen LogP contribution in [0.3, 0.4) is 0 Å². The van der Waals surface area contributed by atoms with Gasteiger partial charge in [0.15, 0.2) is 5.13 Å². The van der Waals surface area contributed by atoms with Crippen LogP contribution in [0.4, 0.5) is 5.13 Å². The molecule has 0 atom stereocenters. The predicted octanol–water partition coefficient (Wildman–Crippen LogP) is 2.40. The quantitative estimate of drug-likeness (QED) is 0.824. The first-order valence-electron chi connectivity index (χ1n) is 8.02. The standard InChI is InChI=1S/C15H25N3O2S2/c1-11-12(2)21-15(16-11)18-8-6-13(7-9-18)10-17(3)22(19,20)14-4-5-14/h13-14H,4-10H2,1-3H3. The Kier molecular flexibility index (Phi) is 4.49. The van der Waals surface area contributed by atoms with Crippen LogP contribution in [0.2, 0.25) is 0 Å². The Morgan fingerprint density at radius 1 is 1.23 bits per heavy atom. The Morgan fingerprint density at radius 2 is 1.86 bits per heavy atom. The summed E-state index contributed by atoms with van der Waals surface area (Å²) in [6.45, 7) is 6.80. The molecular weight excluding hydrogens is 318 g/mol. The molecule has 0 bridgehead atoms. The summed E-state index contributed by atoms with van der Waals surface area (Å²) in [4.78, 5) is 8.26. The predicted molar refractivity (Wildman–Crippen MR) is 91.1 cm³/mol. The average Bonchev–Trinajstić information content (AvgIpc) is 3.27. The molecule has 22 heavy (non-hydrogen) atoms. The van der Waals surface area contributed by atoms with E-state index in [1.54, 1.807) is 22.7 Å². The van der Waals surface area contributed by atoms with Gasteiger partial charge in [-0.1, -0.05) is 0 Å². The van der Waals surface area contributed by atoms with Crippen molar-refractivity contribution >= 4 is 26.5 Å². The molecule has 5 nitrogen and oxygen atoms in total. The average molecular weight is 344 g/mol. The van der Waals surface area contributed by atoms with Crippen molar-refractivity contribution in [3.05, 3.63) is 10.6 Å². The Labute approximate surface area is 137 Å². The van der Waals surface area contributed by atoms with E-state index in [1.807, 2.05) is 0 Å². The summed E-state index contributed by atoms with van der Waals surface area (Å²) < 4.78 is 26.0. The van der Waals surface area contributed by atoms with Crippen LogP contribution in [0.15, 0.2) is 0 Å². The number of hydrogen-bond donors (Lipinski definition) is 0. The van der Waals surface area contributed by atoms with Gasteiger partial charge >= 0.3 is 0 Å². The first-order valence-corrected chi connectivity index (χ1v) is 10.3. The molecular formula is C15H25N3O2S2. The summed E-state index contributed by atoms with van der Waals surface area (Å²) in [7, 11) is -1.28. The molecule has 1 saturated carbocycles. The van der Waals surface area contributed by atoms with Crippen molar-refractivity contribution in [1.82, 2.24) is 9.29 Å². The van der Waals surface area contributed by atoms with E-state index in [0.717, 1.165) is 49.6 Å². The Balaban J connectivity index is 1.53. The molecule has 0 N–H and O–H groups in total. The lowest BCUT2D eigenvalue weighted by atomic mass is 9.97. The third-order valence-electron chi connectivity index (χ3n) is 4.80. The van der Waals surface area contributed by atoms with Crippen LogP contribution in [0.1, 0.15) is 36.3 Å². The summed E-state index contributed by atoms with van der Waals surface area (Å²) in [6.07, 6.45) is 3.77. The number of sulfonamides is 1. The highest BCUT2D eigenvalue weighted by Gasteiger charge is 2.39. The SMILES string of the molecule is Cc1nc(N2CCC(CN(C)S(=O)(=O)C3CC3)CC2)sc1C. The lowest BCUT2D eigenvalue weighted by molar-refractivity contribution is 0.327. The second-order valence-electron chi connectivity index (χ2n) is 6.59. The van der Waals surface area contributed by atoms with Gasteiger partial charge in [-0.3, -0.25) is 0 Å². The van der Waals surface area contributed by atoms with Gasteiger partial charge in [-0.2, -0.15) is 0 Å². The molecule has 1 aromatic heterocycles. The maximum Gasteiger partial charge on any atom is 0.216 e. The molecule has 124 valence electrons. The topological polar surface area (TPSA) is 53.5 Å². The highest BCUT2D eigenvalue weighted by Crippen LogP contribution is 2.32. The molecule has 0 unspecified atom stereocenters. The Morgan fingerprint density at radius 3 is 2.36 bits per heavy atom. The molecule has 0 aromatic carbocycles. The molecule has 0 spiro atoms. The van der Waals surface area contributed by atoms with Gasteiger partial charge in [0, 0.05) is 31.6 Å². The van der Waals surface area contributed by atoms with E-state index < -0.39 is 10.0 Å². The fourth-order valence-corrected chi connectivity index (χ4v) is 5.61. The van der Waals surface area contributed by atoms with Gasteiger partial charge in [-0.05, 0) is 45.4 Å². The van der Waals surface area contributed by atoms with E-state index in [-0.39, 0.29) is 5.25 Å². The van der Waals surface area contributed by atoms with Gasteiger partial charge < -0.3 is 4.90 Å². The molecule has 1 aromatic rings. The van der Waals surface area contributed by atoms with Gasteiger partial charge in [-0.25, -0.2) is 17.7 Å². The van der Waals surface area contributed by atoms with E-state index in [0.29, 0.717) is 12.5 Å². The zero-order chi connectivity index (χ0) is 15.9. The van der Waals surface area contributed by atoms with Gasteiger partial charge in [0.1, 0.15) is 0 Å². The number of aromatic nitrogens is 1. The van der Waals surface area contributed by atoms with Crippen molar-refractivity contribution in [2.45, 2.75) is 44.8 Å². The maximum absolute atomic E-state index is 12.2. The monoisotopic (exact) mass is 343 g/mol. The Bertz CT molecular complexity index is 610. The summed E-state index contributed by atoms with van der Waals surface area (Å²) in [6, 6.07) is 0. The minimum Gasteiger partial charge on any atom is -0.348 e. The third kappa shape index (κ3) is 3.31. The third-order valence-corrected chi connectivity index (χ3v) is 8.26. The van der Waals surface area contributed by atoms with E-state index in [1.165, 1.54) is 4.88 Å². The molecule has 0 amide bonds. The first-order chi connectivity index (χ1) is 10.4. The fourth-order valence-electron chi connectivity index (χ4n) is 2.99. The molecule has 3 rings (SSSR count). The number of nitrogens with zero attached hydrogens (tertiary/aromatic N) is 3. The van der Waals surface area contributed by atoms with Gasteiger partial charge in [0.05, 0.1) is 10.9 Å². The van der Waals surface area contributed by atoms with E-state index in [9.17, 15) is 8.42 Å². The zero-order valence-corrected chi connectivity index (χ0v) is 15.2. The molecule has 0 radical (unpaired) electrons. The van der Waals surface area contributed by atoms with Crippen LogP contribution in [0.25, 0.3) is 0 Å². The van der Waals surface area contributed by atoms with Crippen LogP contribution in [-0.2, 0) is 10.0 Å². The summed E-state index contributed by atoms with van der Waals surface area (Å²) >= 11 is 1.76. The second kappa shape index (κ2) is 6.09. The summed E-state index contributed by atoms with van der Waals surface area (Å²) in [5.41, 5.74) is 1.12. The maximum atomic E-state index is 12.2. The van der Waals surface area contributed by atoms with E-state index in [2.05, 4.69) is 23.7 Å². The van der Waals surface area contributed by atoms with E-state index >= 15 is 0 Å². The van der Waals surface area contributed by atoms with Gasteiger partial charge in [0.25, 0.3) is 0 Å².